The molecule has 1 heterocycles. The monoisotopic (exact) mass is 361 g/mol. The van der Waals surface area contributed by atoms with Gasteiger partial charge >= 0.3 is 0 Å². The van der Waals surface area contributed by atoms with E-state index in [1.54, 1.807) is 0 Å². The third-order valence-corrected chi connectivity index (χ3v) is 4.36. The molecule has 1 N–H and O–H groups in total. The second-order valence-electron chi connectivity index (χ2n) is 6.27. The molecule has 126 valence electrons. The number of hydrogen-bond acceptors (Lipinski definition) is 1. The lowest BCUT2D eigenvalue weighted by molar-refractivity contribution is 0.275. The van der Waals surface area contributed by atoms with Gasteiger partial charge in [0.2, 0.25) is 0 Å². The molecule has 3 nitrogen and oxygen atoms in total. The first kappa shape index (κ1) is 20.8. The molecule has 0 spiro atoms. The van der Waals surface area contributed by atoms with Crippen LogP contribution < -0.4 is 0 Å². The molecule has 0 radical (unpaired) electrons. The van der Waals surface area contributed by atoms with Crippen LogP contribution in [0, 0.1) is 5.41 Å². The van der Waals surface area contributed by atoms with Crippen LogP contribution in [0.1, 0.15) is 77.6 Å². The summed E-state index contributed by atoms with van der Waals surface area (Å²) in [6.45, 7) is 5.49. The van der Waals surface area contributed by atoms with Crippen molar-refractivity contribution in [1.82, 2.24) is 9.80 Å². The minimum Gasteiger partial charge on any atom is -0.346 e. The van der Waals surface area contributed by atoms with Gasteiger partial charge in [-0.05, 0) is 12.8 Å². The van der Waals surface area contributed by atoms with Crippen molar-refractivity contribution in [3.8, 4) is 0 Å². The lowest BCUT2D eigenvalue weighted by Gasteiger charge is -2.36. The maximum absolute atomic E-state index is 8.03. The zero-order chi connectivity index (χ0) is 14.6. The Hall–Kier alpha value is -0.250. The minimum absolute atomic E-state index is 0. The molecule has 1 rings (SSSR count). The molecule has 4 heteroatoms. The highest BCUT2D eigenvalue weighted by Gasteiger charge is 2.18. The summed E-state index contributed by atoms with van der Waals surface area (Å²) >= 11 is 0. The zero-order valence-corrected chi connectivity index (χ0v) is 15.9. The predicted molar refractivity (Wildman–Crippen MR) is 98.7 cm³/mol. The second-order valence-corrected chi connectivity index (χ2v) is 6.27. The first-order valence-electron chi connectivity index (χ1n) is 8.80. The maximum atomic E-state index is 8.03. The van der Waals surface area contributed by atoms with Gasteiger partial charge in [0.25, 0.3) is 0 Å². The molecule has 0 aliphatic carbocycles. The SMILES string of the molecule is Br.CCCCCCCCCCCCN1CCCN(C)C1=N. The molecular formula is C17H36BrN3. The molecule has 0 atom stereocenters. The third kappa shape index (κ3) is 9.38. The molecule has 1 fully saturated rings. The van der Waals surface area contributed by atoms with E-state index >= 15 is 0 Å². The number of halogens is 1. The van der Waals surface area contributed by atoms with Crippen LogP contribution in [-0.2, 0) is 0 Å². The van der Waals surface area contributed by atoms with Crippen molar-refractivity contribution >= 4 is 22.9 Å². The van der Waals surface area contributed by atoms with Gasteiger partial charge in [0.05, 0.1) is 0 Å². The summed E-state index contributed by atoms with van der Waals surface area (Å²) in [6.07, 6.45) is 15.1. The van der Waals surface area contributed by atoms with Gasteiger partial charge in [-0.15, -0.1) is 17.0 Å². The molecule has 21 heavy (non-hydrogen) atoms. The minimum atomic E-state index is 0. The summed E-state index contributed by atoms with van der Waals surface area (Å²) in [4.78, 5) is 4.31. The topological polar surface area (TPSA) is 30.3 Å². The van der Waals surface area contributed by atoms with E-state index in [0.717, 1.165) is 25.6 Å². The maximum Gasteiger partial charge on any atom is 0.193 e. The van der Waals surface area contributed by atoms with E-state index in [1.807, 2.05) is 7.05 Å². The van der Waals surface area contributed by atoms with Crippen LogP contribution in [0.5, 0.6) is 0 Å². The van der Waals surface area contributed by atoms with Gasteiger partial charge in [0.15, 0.2) is 5.96 Å². The summed E-state index contributed by atoms with van der Waals surface area (Å²) < 4.78 is 0. The quantitative estimate of drug-likeness (QED) is 0.521. The number of rotatable bonds is 11. The molecule has 0 aromatic carbocycles. The molecule has 1 aliphatic heterocycles. The van der Waals surface area contributed by atoms with E-state index in [2.05, 4.69) is 16.7 Å². The molecule has 1 aliphatic rings. The number of hydrogen-bond donors (Lipinski definition) is 1. The molecule has 1 saturated heterocycles. The third-order valence-electron chi connectivity index (χ3n) is 4.36. The molecule has 0 aromatic rings. The number of nitrogens with zero attached hydrogens (tertiary/aromatic N) is 2. The Morgan fingerprint density at radius 2 is 1.38 bits per heavy atom. The highest BCUT2D eigenvalue weighted by Crippen LogP contribution is 2.12. The summed E-state index contributed by atoms with van der Waals surface area (Å²) in [5.74, 6) is 0.729. The van der Waals surface area contributed by atoms with Gasteiger partial charge < -0.3 is 9.80 Å². The highest BCUT2D eigenvalue weighted by molar-refractivity contribution is 8.93. The van der Waals surface area contributed by atoms with E-state index in [0.29, 0.717) is 0 Å². The fourth-order valence-electron chi connectivity index (χ4n) is 2.96. The highest BCUT2D eigenvalue weighted by atomic mass is 79.9. The lowest BCUT2D eigenvalue weighted by Crippen LogP contribution is -2.48. The van der Waals surface area contributed by atoms with Crippen molar-refractivity contribution in [2.45, 2.75) is 77.6 Å². The molecule has 0 amide bonds. The van der Waals surface area contributed by atoms with E-state index in [9.17, 15) is 0 Å². The number of unbranched alkanes of at least 4 members (excludes halogenated alkanes) is 9. The average Bonchev–Trinajstić information content (AvgIpc) is 2.45. The van der Waals surface area contributed by atoms with Crippen LogP contribution in [0.2, 0.25) is 0 Å². The number of nitrogens with one attached hydrogen (secondary N) is 1. The fraction of sp³-hybridized carbons (Fsp3) is 0.941. The van der Waals surface area contributed by atoms with Crippen LogP contribution in [0.15, 0.2) is 0 Å². The van der Waals surface area contributed by atoms with Crippen LogP contribution in [0.25, 0.3) is 0 Å². The van der Waals surface area contributed by atoms with Gasteiger partial charge in [-0.25, -0.2) is 0 Å². The zero-order valence-electron chi connectivity index (χ0n) is 14.2. The lowest BCUT2D eigenvalue weighted by atomic mass is 10.1. The van der Waals surface area contributed by atoms with Gasteiger partial charge in [0.1, 0.15) is 0 Å². The molecular weight excluding hydrogens is 326 g/mol. The molecule has 0 bridgehead atoms. The smallest absolute Gasteiger partial charge is 0.193 e. The van der Waals surface area contributed by atoms with Crippen LogP contribution in [0.4, 0.5) is 0 Å². The van der Waals surface area contributed by atoms with Crippen molar-refractivity contribution in [2.24, 2.45) is 0 Å². The Balaban J connectivity index is 0.00000400. The summed E-state index contributed by atoms with van der Waals surface area (Å²) in [5.41, 5.74) is 0. The fourth-order valence-corrected chi connectivity index (χ4v) is 2.96. The Morgan fingerprint density at radius 1 is 0.857 bits per heavy atom. The standard InChI is InChI=1S/C17H35N3.BrH/c1-3-4-5-6-7-8-9-10-11-12-15-20-16-13-14-19(2)17(20)18;/h18H,3-16H2,1-2H3;1H. The summed E-state index contributed by atoms with van der Waals surface area (Å²) in [7, 11) is 2.03. The summed E-state index contributed by atoms with van der Waals surface area (Å²) in [5, 5.41) is 8.03. The van der Waals surface area contributed by atoms with Crippen LogP contribution >= 0.6 is 17.0 Å². The van der Waals surface area contributed by atoms with Crippen molar-refractivity contribution in [3.63, 3.8) is 0 Å². The van der Waals surface area contributed by atoms with Crippen LogP contribution in [-0.4, -0.2) is 42.4 Å². The van der Waals surface area contributed by atoms with Crippen molar-refractivity contribution in [3.05, 3.63) is 0 Å². The van der Waals surface area contributed by atoms with E-state index < -0.39 is 0 Å². The van der Waals surface area contributed by atoms with Crippen molar-refractivity contribution < 1.29 is 0 Å². The number of guanidine groups is 1. The summed E-state index contributed by atoms with van der Waals surface area (Å²) in [6, 6.07) is 0. The average molecular weight is 362 g/mol. The Bertz CT molecular complexity index is 258. The van der Waals surface area contributed by atoms with Crippen molar-refractivity contribution in [1.29, 1.82) is 5.41 Å². The predicted octanol–water partition coefficient (Wildman–Crippen LogP) is 5.06. The van der Waals surface area contributed by atoms with E-state index in [-0.39, 0.29) is 17.0 Å². The van der Waals surface area contributed by atoms with Gasteiger partial charge in [-0.2, -0.15) is 0 Å². The van der Waals surface area contributed by atoms with Crippen LogP contribution in [0.3, 0.4) is 0 Å². The van der Waals surface area contributed by atoms with E-state index in [4.69, 9.17) is 5.41 Å². The van der Waals surface area contributed by atoms with Crippen molar-refractivity contribution in [2.75, 3.05) is 26.7 Å². The van der Waals surface area contributed by atoms with Gasteiger partial charge in [-0.1, -0.05) is 64.7 Å². The Kier molecular flexibility index (Phi) is 13.3. The largest absolute Gasteiger partial charge is 0.346 e. The molecule has 0 saturated carbocycles. The first-order valence-corrected chi connectivity index (χ1v) is 8.80. The van der Waals surface area contributed by atoms with Gasteiger partial charge in [0, 0.05) is 26.7 Å². The Morgan fingerprint density at radius 3 is 1.95 bits per heavy atom. The molecule has 0 unspecified atom stereocenters. The second kappa shape index (κ2) is 13.4. The van der Waals surface area contributed by atoms with Gasteiger partial charge in [-0.3, -0.25) is 5.41 Å². The van der Waals surface area contributed by atoms with E-state index in [1.165, 1.54) is 70.6 Å². The molecule has 0 aromatic heterocycles. The first-order chi connectivity index (χ1) is 9.75. The normalized spacial score (nSPS) is 15.2. The Labute approximate surface area is 142 Å².